The van der Waals surface area contributed by atoms with E-state index in [4.69, 9.17) is 5.73 Å². The third kappa shape index (κ3) is 3.15. The van der Waals surface area contributed by atoms with Crippen molar-refractivity contribution >= 4 is 5.96 Å². The van der Waals surface area contributed by atoms with E-state index >= 15 is 0 Å². The first-order valence-electron chi connectivity index (χ1n) is 8.67. The molecule has 3 rings (SSSR count). The van der Waals surface area contributed by atoms with Gasteiger partial charge in [0.15, 0.2) is 5.96 Å². The number of alkyl halides is 2. The third-order valence-electron chi connectivity index (χ3n) is 5.24. The van der Waals surface area contributed by atoms with Crippen LogP contribution in [-0.2, 0) is 11.5 Å². The van der Waals surface area contributed by atoms with Crippen molar-refractivity contribution in [3.05, 3.63) is 83.1 Å². The minimum absolute atomic E-state index is 0.0584. The Balaban J connectivity index is 2.23. The molecule has 0 spiro atoms. The summed E-state index contributed by atoms with van der Waals surface area (Å²) in [5.74, 6) is -5.18. The fraction of sp³-hybridized carbons (Fsp3) is 0.286. The number of benzene rings is 2. The summed E-state index contributed by atoms with van der Waals surface area (Å²) in [4.78, 5) is 5.92. The van der Waals surface area contributed by atoms with Crippen LogP contribution in [0.15, 0.2) is 59.7 Å². The molecular formula is C21H21F4N3. The average Bonchev–Trinajstić information content (AvgIpc) is 2.59. The van der Waals surface area contributed by atoms with Crippen molar-refractivity contribution in [3.63, 3.8) is 0 Å². The molecule has 0 unspecified atom stereocenters. The molecule has 1 aliphatic heterocycles. The molecule has 2 aromatic carbocycles. The quantitative estimate of drug-likeness (QED) is 0.760. The normalized spacial score (nSPS) is 23.0. The van der Waals surface area contributed by atoms with Gasteiger partial charge in [-0.1, -0.05) is 36.9 Å². The van der Waals surface area contributed by atoms with Crippen LogP contribution in [0.2, 0.25) is 0 Å². The molecule has 0 saturated carbocycles. The number of nitrogens with zero attached hydrogens (tertiary/aromatic N) is 2. The number of nitrogens with two attached hydrogens (primary N) is 1. The third-order valence-corrected chi connectivity index (χ3v) is 5.24. The van der Waals surface area contributed by atoms with Crippen molar-refractivity contribution in [1.29, 1.82) is 0 Å². The highest BCUT2D eigenvalue weighted by Gasteiger charge is 2.46. The Labute approximate surface area is 161 Å². The minimum atomic E-state index is -3.00. The maximum Gasteiger partial charge on any atom is 0.270 e. The van der Waals surface area contributed by atoms with Crippen molar-refractivity contribution in [2.24, 2.45) is 10.7 Å². The SMILES string of the molecule is C=C1[C@H](c2ccc(C(C)(F)F)cc2)[C@@](C)(c2c(F)cccc2F)N=C(N)N1C. The highest BCUT2D eigenvalue weighted by molar-refractivity contribution is 5.82. The van der Waals surface area contributed by atoms with E-state index < -0.39 is 29.0 Å². The molecule has 0 amide bonds. The molecule has 3 nitrogen and oxygen atoms in total. The summed E-state index contributed by atoms with van der Waals surface area (Å²) in [5.41, 5.74) is 5.12. The molecule has 0 bridgehead atoms. The maximum atomic E-state index is 14.6. The predicted octanol–water partition coefficient (Wildman–Crippen LogP) is 4.85. The van der Waals surface area contributed by atoms with Crippen molar-refractivity contribution in [2.75, 3.05) is 7.05 Å². The molecule has 1 heterocycles. The molecule has 7 heteroatoms. The number of hydrogen-bond donors (Lipinski definition) is 1. The fourth-order valence-electron chi connectivity index (χ4n) is 3.71. The summed E-state index contributed by atoms with van der Waals surface area (Å²) in [6.07, 6.45) is 0. The summed E-state index contributed by atoms with van der Waals surface area (Å²) in [5, 5.41) is 0. The van der Waals surface area contributed by atoms with E-state index in [9.17, 15) is 17.6 Å². The first-order valence-corrected chi connectivity index (χ1v) is 8.67. The van der Waals surface area contributed by atoms with E-state index in [1.807, 2.05) is 0 Å². The molecule has 0 radical (unpaired) electrons. The summed E-state index contributed by atoms with van der Waals surface area (Å²) >= 11 is 0. The molecule has 0 saturated heterocycles. The zero-order valence-corrected chi connectivity index (χ0v) is 15.8. The van der Waals surface area contributed by atoms with Crippen molar-refractivity contribution in [1.82, 2.24) is 4.90 Å². The Hall–Kier alpha value is -2.83. The molecule has 0 fully saturated rings. The van der Waals surface area contributed by atoms with Gasteiger partial charge in [-0.25, -0.2) is 22.6 Å². The van der Waals surface area contributed by atoms with Gasteiger partial charge in [-0.15, -0.1) is 0 Å². The lowest BCUT2D eigenvalue weighted by Crippen LogP contribution is -2.47. The Morgan fingerprint density at radius 1 is 1.11 bits per heavy atom. The van der Waals surface area contributed by atoms with Crippen LogP contribution in [-0.4, -0.2) is 17.9 Å². The lowest BCUT2D eigenvalue weighted by molar-refractivity contribution is 0.0174. The van der Waals surface area contributed by atoms with Gasteiger partial charge < -0.3 is 10.6 Å². The van der Waals surface area contributed by atoms with E-state index in [0.717, 1.165) is 19.1 Å². The lowest BCUT2D eigenvalue weighted by atomic mass is 9.73. The smallest absolute Gasteiger partial charge is 0.270 e. The minimum Gasteiger partial charge on any atom is -0.370 e. The summed E-state index contributed by atoms with van der Waals surface area (Å²) in [6.45, 7) is 6.39. The maximum absolute atomic E-state index is 14.6. The van der Waals surface area contributed by atoms with Gasteiger partial charge in [0.1, 0.15) is 17.2 Å². The number of likely N-dealkylation sites (N-methyl/N-ethyl adjacent to an activating group) is 1. The lowest BCUT2D eigenvalue weighted by Gasteiger charge is -2.44. The largest absolute Gasteiger partial charge is 0.370 e. The predicted molar refractivity (Wildman–Crippen MR) is 101 cm³/mol. The molecule has 148 valence electrons. The number of hydrogen-bond acceptors (Lipinski definition) is 3. The Morgan fingerprint density at radius 2 is 1.64 bits per heavy atom. The standard InChI is InChI=1S/C21H21F4N3/c1-12-17(13-8-10-14(11-9-13)21(3,24)25)20(2,27-19(26)28(12)4)18-15(22)6-5-7-16(18)23/h5-11,17H,1H2,2-4H3,(H2,26,27)/t17-,20+/m1/s1. The van der Waals surface area contributed by atoms with Crippen molar-refractivity contribution in [3.8, 4) is 0 Å². The first kappa shape index (κ1) is 19.9. The second-order valence-electron chi connectivity index (χ2n) is 7.21. The van der Waals surface area contributed by atoms with Gasteiger partial charge in [0.25, 0.3) is 5.92 Å². The fourth-order valence-corrected chi connectivity index (χ4v) is 3.71. The molecular weight excluding hydrogens is 370 g/mol. The van der Waals surface area contributed by atoms with Gasteiger partial charge in [0, 0.05) is 25.2 Å². The molecule has 28 heavy (non-hydrogen) atoms. The molecule has 1 aliphatic rings. The molecule has 2 aromatic rings. The van der Waals surface area contributed by atoms with E-state index in [1.54, 1.807) is 14.0 Å². The van der Waals surface area contributed by atoms with E-state index in [2.05, 4.69) is 11.6 Å². The van der Waals surface area contributed by atoms with Crippen LogP contribution < -0.4 is 5.73 Å². The monoisotopic (exact) mass is 391 g/mol. The second-order valence-corrected chi connectivity index (χ2v) is 7.21. The van der Waals surface area contributed by atoms with Crippen molar-refractivity contribution < 1.29 is 17.6 Å². The average molecular weight is 391 g/mol. The zero-order valence-electron chi connectivity index (χ0n) is 15.8. The Bertz CT molecular complexity index is 927. The summed E-state index contributed by atoms with van der Waals surface area (Å²) in [7, 11) is 1.64. The van der Waals surface area contributed by atoms with Gasteiger partial charge in [-0.3, -0.25) is 0 Å². The Kier molecular flexibility index (Phi) is 4.73. The highest BCUT2D eigenvalue weighted by atomic mass is 19.3. The second kappa shape index (κ2) is 6.65. The van der Waals surface area contributed by atoms with Crippen LogP contribution in [0.4, 0.5) is 17.6 Å². The molecule has 0 aromatic heterocycles. The molecule has 2 atom stereocenters. The van der Waals surface area contributed by atoms with Gasteiger partial charge in [-0.2, -0.15) is 0 Å². The van der Waals surface area contributed by atoms with Crippen LogP contribution in [0, 0.1) is 11.6 Å². The van der Waals surface area contributed by atoms with Gasteiger partial charge in [0.2, 0.25) is 0 Å². The van der Waals surface area contributed by atoms with Crippen LogP contribution >= 0.6 is 0 Å². The van der Waals surface area contributed by atoms with Gasteiger partial charge in [-0.05, 0) is 24.6 Å². The number of aliphatic imine (C=N–C) groups is 1. The van der Waals surface area contributed by atoms with E-state index in [0.29, 0.717) is 11.3 Å². The van der Waals surface area contributed by atoms with Crippen molar-refractivity contribution in [2.45, 2.75) is 31.2 Å². The molecule has 0 aliphatic carbocycles. The van der Waals surface area contributed by atoms with E-state index in [-0.39, 0.29) is 17.1 Å². The summed E-state index contributed by atoms with van der Waals surface area (Å²) in [6, 6.07) is 9.16. The molecule has 2 N–H and O–H groups in total. The van der Waals surface area contributed by atoms with Crippen LogP contribution in [0.5, 0.6) is 0 Å². The van der Waals surface area contributed by atoms with Crippen LogP contribution in [0.25, 0.3) is 0 Å². The van der Waals surface area contributed by atoms with Gasteiger partial charge >= 0.3 is 0 Å². The zero-order chi connectivity index (χ0) is 20.9. The number of halogens is 4. The van der Waals surface area contributed by atoms with Crippen LogP contribution in [0.1, 0.15) is 36.5 Å². The Morgan fingerprint density at radius 3 is 2.14 bits per heavy atom. The topological polar surface area (TPSA) is 41.6 Å². The first-order chi connectivity index (χ1) is 13.0. The summed E-state index contributed by atoms with van der Waals surface area (Å²) < 4.78 is 56.5. The number of guanidine groups is 1. The number of rotatable bonds is 3. The van der Waals surface area contributed by atoms with Gasteiger partial charge in [0.05, 0.1) is 11.5 Å². The highest BCUT2D eigenvalue weighted by Crippen LogP contribution is 2.49. The van der Waals surface area contributed by atoms with Crippen LogP contribution in [0.3, 0.4) is 0 Å². The van der Waals surface area contributed by atoms with E-state index in [1.165, 1.54) is 35.2 Å².